The quantitative estimate of drug-likeness (QED) is 0.372. The molecule has 2 fully saturated rings. The van der Waals surface area contributed by atoms with Crippen LogP contribution in [0.3, 0.4) is 0 Å². The van der Waals surface area contributed by atoms with Crippen LogP contribution >= 0.6 is 11.6 Å². The van der Waals surface area contributed by atoms with Gasteiger partial charge in [-0.15, -0.1) is 0 Å². The van der Waals surface area contributed by atoms with E-state index in [0.717, 1.165) is 31.4 Å². The van der Waals surface area contributed by atoms with E-state index in [2.05, 4.69) is 25.6 Å². The first kappa shape index (κ1) is 23.7. The Kier molecular flexibility index (Phi) is 6.45. The maximum Gasteiger partial charge on any atom is 0.225 e. The normalized spacial score (nSPS) is 24.6. The van der Waals surface area contributed by atoms with Gasteiger partial charge in [-0.25, -0.2) is 18.7 Å². The number of amides is 1. The molecule has 2 aliphatic rings. The van der Waals surface area contributed by atoms with E-state index in [9.17, 15) is 18.7 Å². The van der Waals surface area contributed by atoms with Gasteiger partial charge in [-0.2, -0.15) is 4.98 Å². The molecule has 0 saturated heterocycles. The summed E-state index contributed by atoms with van der Waals surface area (Å²) in [5.74, 6) is -1.38. The van der Waals surface area contributed by atoms with Crippen LogP contribution in [0.5, 0.6) is 0 Å². The second-order valence-corrected chi connectivity index (χ2v) is 9.64. The number of aliphatic hydroxyl groups excluding tert-OH is 1. The summed E-state index contributed by atoms with van der Waals surface area (Å²) >= 11 is 5.70. The maximum absolute atomic E-state index is 14.6. The summed E-state index contributed by atoms with van der Waals surface area (Å²) in [6.07, 6.45) is 6.02. The summed E-state index contributed by atoms with van der Waals surface area (Å²) in [5.41, 5.74) is 6.36. The highest BCUT2D eigenvalue weighted by Gasteiger charge is 2.30. The third kappa shape index (κ3) is 4.74. The van der Waals surface area contributed by atoms with Gasteiger partial charge in [-0.3, -0.25) is 9.36 Å². The van der Waals surface area contributed by atoms with Crippen molar-refractivity contribution in [3.8, 4) is 0 Å². The fourth-order valence-electron chi connectivity index (χ4n) is 5.03. The van der Waals surface area contributed by atoms with Crippen molar-refractivity contribution in [2.24, 2.45) is 11.7 Å². The molecule has 12 heteroatoms. The van der Waals surface area contributed by atoms with E-state index in [1.807, 2.05) is 4.57 Å². The molecule has 0 unspecified atom stereocenters. The summed E-state index contributed by atoms with van der Waals surface area (Å²) in [7, 11) is 0. The number of hydrogen-bond acceptors (Lipinski definition) is 7. The monoisotopic (exact) mass is 505 g/mol. The number of aliphatic hydroxyl groups is 1. The molecule has 2 heterocycles. The lowest BCUT2D eigenvalue weighted by molar-refractivity contribution is -0.122. The van der Waals surface area contributed by atoms with E-state index < -0.39 is 17.7 Å². The summed E-state index contributed by atoms with van der Waals surface area (Å²) in [4.78, 5) is 25.2. The van der Waals surface area contributed by atoms with Gasteiger partial charge >= 0.3 is 0 Å². The molecule has 0 bridgehead atoms. The van der Waals surface area contributed by atoms with Gasteiger partial charge in [0, 0.05) is 18.0 Å². The summed E-state index contributed by atoms with van der Waals surface area (Å²) < 4.78 is 30.5. The van der Waals surface area contributed by atoms with Gasteiger partial charge < -0.3 is 21.5 Å². The van der Waals surface area contributed by atoms with Crippen molar-refractivity contribution in [2.75, 3.05) is 10.6 Å². The maximum atomic E-state index is 14.6. The Balaban J connectivity index is 1.53. The molecule has 9 nitrogen and oxygen atoms in total. The molecule has 186 valence electrons. The number of halogens is 3. The van der Waals surface area contributed by atoms with Gasteiger partial charge in [-0.05, 0) is 51.0 Å². The SMILES string of the molecule is NC(=O)[C@H]1CC[C@@H](n2c(Nc3cc(F)c(Cl)cc3F)nc3cnc(N[C@@H]4CCC[C@H]4O)nc32)CC1. The number of anilines is 3. The first-order valence-electron chi connectivity index (χ1n) is 11.7. The molecule has 35 heavy (non-hydrogen) atoms. The summed E-state index contributed by atoms with van der Waals surface area (Å²) in [6, 6.07) is 1.64. The number of nitrogens with two attached hydrogens (primary N) is 1. The minimum absolute atomic E-state index is 0.0990. The molecule has 5 N–H and O–H groups in total. The predicted octanol–water partition coefficient (Wildman–Crippen LogP) is 4.04. The Hall–Kier alpha value is -3.05. The molecule has 2 saturated carbocycles. The molecular formula is C23H26ClF2N7O2. The fourth-order valence-corrected chi connectivity index (χ4v) is 5.18. The fraction of sp³-hybridized carbons (Fsp3) is 0.478. The summed E-state index contributed by atoms with van der Waals surface area (Å²) in [6.45, 7) is 0. The standard InChI is InChI=1S/C23H26ClF2N7O2/c24-13-8-15(26)17(9-14(13)25)30-23-31-18-10-28-22(29-16-2-1-3-19(16)34)32-21(18)33(23)12-6-4-11(5-7-12)20(27)35/h8-12,16,19,34H,1-7H2,(H2,27,35)(H,30,31)(H,28,29,32)/t11-,12+,16-,19-/m1/s1. The number of rotatable bonds is 6. The van der Waals surface area contributed by atoms with E-state index in [1.54, 1.807) is 6.20 Å². The van der Waals surface area contributed by atoms with Crippen LogP contribution in [0.15, 0.2) is 18.3 Å². The smallest absolute Gasteiger partial charge is 0.225 e. The van der Waals surface area contributed by atoms with Gasteiger partial charge in [-0.1, -0.05) is 11.6 Å². The van der Waals surface area contributed by atoms with Crippen LogP contribution in [0.4, 0.5) is 26.4 Å². The number of carbonyl (C=O) groups is 1. The molecule has 0 radical (unpaired) electrons. The number of carbonyl (C=O) groups excluding carboxylic acids is 1. The molecular weight excluding hydrogens is 480 g/mol. The molecule has 2 aromatic heterocycles. The number of aromatic nitrogens is 4. The third-order valence-electron chi connectivity index (χ3n) is 6.95. The number of hydrogen-bond donors (Lipinski definition) is 4. The first-order valence-corrected chi connectivity index (χ1v) is 12.1. The van der Waals surface area contributed by atoms with Crippen molar-refractivity contribution in [3.63, 3.8) is 0 Å². The molecule has 1 aromatic carbocycles. The van der Waals surface area contributed by atoms with E-state index >= 15 is 0 Å². The van der Waals surface area contributed by atoms with Crippen LogP contribution in [-0.4, -0.2) is 42.7 Å². The van der Waals surface area contributed by atoms with Crippen LogP contribution in [0.2, 0.25) is 5.02 Å². The number of nitrogens with zero attached hydrogens (tertiary/aromatic N) is 4. The Morgan fingerprint density at radius 3 is 2.57 bits per heavy atom. The zero-order chi connectivity index (χ0) is 24.7. The molecule has 5 rings (SSSR count). The first-order chi connectivity index (χ1) is 16.8. The van der Waals surface area contributed by atoms with E-state index in [1.165, 1.54) is 0 Å². The van der Waals surface area contributed by atoms with Crippen LogP contribution < -0.4 is 16.4 Å². The van der Waals surface area contributed by atoms with Crippen molar-refractivity contribution in [2.45, 2.75) is 63.1 Å². The largest absolute Gasteiger partial charge is 0.391 e. The second-order valence-electron chi connectivity index (χ2n) is 9.24. The van der Waals surface area contributed by atoms with Gasteiger partial charge in [0.2, 0.25) is 17.8 Å². The van der Waals surface area contributed by atoms with Crippen LogP contribution in [-0.2, 0) is 4.79 Å². The second kappa shape index (κ2) is 9.54. The van der Waals surface area contributed by atoms with Crippen LogP contribution in [0.1, 0.15) is 51.0 Å². The van der Waals surface area contributed by atoms with Gasteiger partial charge in [0.05, 0.1) is 29.1 Å². The Morgan fingerprint density at radius 2 is 1.89 bits per heavy atom. The van der Waals surface area contributed by atoms with Crippen LogP contribution in [0.25, 0.3) is 11.2 Å². The number of fused-ring (bicyclic) bond motifs is 1. The lowest BCUT2D eigenvalue weighted by Gasteiger charge is -2.29. The number of primary amides is 1. The average Bonchev–Trinajstić information content (AvgIpc) is 3.40. The Labute approximate surface area is 205 Å². The summed E-state index contributed by atoms with van der Waals surface area (Å²) in [5, 5.41) is 15.9. The topological polar surface area (TPSA) is 131 Å². The van der Waals surface area contributed by atoms with Crippen molar-refractivity contribution in [1.82, 2.24) is 19.5 Å². The Morgan fingerprint density at radius 1 is 1.11 bits per heavy atom. The van der Waals surface area contributed by atoms with Gasteiger partial charge in [0.1, 0.15) is 17.2 Å². The van der Waals surface area contributed by atoms with E-state index in [-0.39, 0.29) is 40.6 Å². The predicted molar refractivity (Wildman–Crippen MR) is 127 cm³/mol. The average molecular weight is 506 g/mol. The van der Waals surface area contributed by atoms with Crippen LogP contribution in [0, 0.1) is 17.6 Å². The molecule has 0 aliphatic heterocycles. The molecule has 0 spiro atoms. The molecule has 1 amide bonds. The number of imidazole rings is 1. The van der Waals surface area contributed by atoms with Gasteiger partial charge in [0.25, 0.3) is 0 Å². The molecule has 2 aliphatic carbocycles. The zero-order valence-electron chi connectivity index (χ0n) is 18.8. The molecule has 2 atom stereocenters. The van der Waals surface area contributed by atoms with Crippen molar-refractivity contribution < 1.29 is 18.7 Å². The number of benzene rings is 1. The minimum Gasteiger partial charge on any atom is -0.391 e. The van der Waals surface area contributed by atoms with Crippen molar-refractivity contribution in [1.29, 1.82) is 0 Å². The van der Waals surface area contributed by atoms with Gasteiger partial charge in [0.15, 0.2) is 5.65 Å². The number of nitrogens with one attached hydrogen (secondary N) is 2. The van der Waals surface area contributed by atoms with E-state index in [4.69, 9.17) is 17.3 Å². The zero-order valence-corrected chi connectivity index (χ0v) is 19.6. The highest BCUT2D eigenvalue weighted by Crippen LogP contribution is 2.37. The van der Waals surface area contributed by atoms with E-state index in [0.29, 0.717) is 42.8 Å². The Bertz CT molecular complexity index is 1260. The van der Waals surface area contributed by atoms with Crippen molar-refractivity contribution in [3.05, 3.63) is 35.0 Å². The highest BCUT2D eigenvalue weighted by molar-refractivity contribution is 6.30. The minimum atomic E-state index is -0.762. The lowest BCUT2D eigenvalue weighted by Crippen LogP contribution is -2.29. The third-order valence-corrected chi connectivity index (χ3v) is 7.24. The van der Waals surface area contributed by atoms with Crippen molar-refractivity contribution >= 4 is 46.3 Å². The lowest BCUT2D eigenvalue weighted by atomic mass is 9.85. The molecule has 3 aromatic rings. The highest BCUT2D eigenvalue weighted by atomic mass is 35.5.